The predicted molar refractivity (Wildman–Crippen MR) is 129 cm³/mol. The Hall–Kier alpha value is -3.97. The van der Waals surface area contributed by atoms with Crippen LogP contribution in [0.5, 0.6) is 0 Å². The number of carbonyl (C=O) groups excluding carboxylic acids is 1. The molecule has 2 aromatic heterocycles. The van der Waals surface area contributed by atoms with Crippen LogP contribution in [0.1, 0.15) is 11.1 Å². The van der Waals surface area contributed by atoms with Crippen LogP contribution in [0.25, 0.3) is 23.0 Å². The van der Waals surface area contributed by atoms with E-state index in [1.165, 1.54) is 11.8 Å². The third-order valence-electron chi connectivity index (χ3n) is 4.89. The molecule has 7 heteroatoms. The van der Waals surface area contributed by atoms with E-state index in [1.54, 1.807) is 12.4 Å². The van der Waals surface area contributed by atoms with Crippen molar-refractivity contribution < 1.29 is 4.79 Å². The SMILES string of the molecule is Cc1cccc(N=C2NC(=O)/C(=C\c3cn(-c4ccccc4)nc3-c3ccncc3)S2)c1. The van der Waals surface area contributed by atoms with Gasteiger partial charge in [0.2, 0.25) is 0 Å². The second-order valence-electron chi connectivity index (χ2n) is 7.27. The summed E-state index contributed by atoms with van der Waals surface area (Å²) in [5, 5.41) is 8.21. The highest BCUT2D eigenvalue weighted by atomic mass is 32.2. The Balaban J connectivity index is 1.52. The van der Waals surface area contributed by atoms with Gasteiger partial charge in [-0.1, -0.05) is 30.3 Å². The Kier molecular flexibility index (Phi) is 5.39. The van der Waals surface area contributed by atoms with Gasteiger partial charge in [0.15, 0.2) is 5.17 Å². The predicted octanol–water partition coefficient (Wildman–Crippen LogP) is 5.13. The number of thioether (sulfide) groups is 1. The molecule has 0 atom stereocenters. The smallest absolute Gasteiger partial charge is 0.264 e. The number of para-hydroxylation sites is 1. The second kappa shape index (κ2) is 8.64. The van der Waals surface area contributed by atoms with Crippen LogP contribution in [0.2, 0.25) is 0 Å². The van der Waals surface area contributed by atoms with Crippen molar-refractivity contribution in [1.82, 2.24) is 20.1 Å². The zero-order chi connectivity index (χ0) is 21.9. The zero-order valence-electron chi connectivity index (χ0n) is 17.3. The van der Waals surface area contributed by atoms with Crippen molar-refractivity contribution in [2.45, 2.75) is 6.92 Å². The Morgan fingerprint density at radius 3 is 2.62 bits per heavy atom. The van der Waals surface area contributed by atoms with E-state index in [0.717, 1.165) is 33.8 Å². The minimum atomic E-state index is -0.172. The molecule has 0 unspecified atom stereocenters. The monoisotopic (exact) mass is 437 g/mol. The second-order valence-corrected chi connectivity index (χ2v) is 8.30. The molecule has 1 saturated heterocycles. The van der Waals surface area contributed by atoms with Crippen LogP contribution in [0, 0.1) is 6.92 Å². The number of aliphatic imine (C=N–C) groups is 1. The van der Waals surface area contributed by atoms with Gasteiger partial charge < -0.3 is 5.32 Å². The number of amidine groups is 1. The van der Waals surface area contributed by atoms with Crippen molar-refractivity contribution in [3.05, 3.63) is 101 Å². The number of hydrogen-bond donors (Lipinski definition) is 1. The lowest BCUT2D eigenvalue weighted by atomic mass is 10.1. The van der Waals surface area contributed by atoms with E-state index in [-0.39, 0.29) is 5.91 Å². The van der Waals surface area contributed by atoms with Crippen LogP contribution in [-0.4, -0.2) is 25.8 Å². The quantitative estimate of drug-likeness (QED) is 0.449. The largest absolute Gasteiger partial charge is 0.300 e. The Morgan fingerprint density at radius 2 is 1.84 bits per heavy atom. The number of pyridine rings is 1. The first-order valence-corrected chi connectivity index (χ1v) is 10.9. The molecular weight excluding hydrogens is 418 g/mol. The normalized spacial score (nSPS) is 16.0. The number of carbonyl (C=O) groups is 1. The average Bonchev–Trinajstić information content (AvgIpc) is 3.38. The minimum Gasteiger partial charge on any atom is -0.300 e. The maximum Gasteiger partial charge on any atom is 0.264 e. The van der Waals surface area contributed by atoms with Crippen LogP contribution in [0.15, 0.2) is 95.2 Å². The van der Waals surface area contributed by atoms with Crippen LogP contribution >= 0.6 is 11.8 Å². The molecule has 0 saturated carbocycles. The fourth-order valence-corrected chi connectivity index (χ4v) is 4.21. The molecule has 1 aliphatic rings. The lowest BCUT2D eigenvalue weighted by Gasteiger charge is -2.00. The number of nitrogens with zero attached hydrogens (tertiary/aromatic N) is 4. The van der Waals surface area contributed by atoms with Gasteiger partial charge >= 0.3 is 0 Å². The van der Waals surface area contributed by atoms with Gasteiger partial charge in [-0.15, -0.1) is 0 Å². The maximum absolute atomic E-state index is 12.7. The molecule has 0 radical (unpaired) electrons. The summed E-state index contributed by atoms with van der Waals surface area (Å²) in [6.07, 6.45) is 7.26. The molecule has 0 spiro atoms. The van der Waals surface area contributed by atoms with E-state index in [1.807, 2.05) is 90.6 Å². The summed E-state index contributed by atoms with van der Waals surface area (Å²) in [6, 6.07) is 21.6. The number of aromatic nitrogens is 3. The number of aryl methyl sites for hydroxylation is 1. The highest BCUT2D eigenvalue weighted by molar-refractivity contribution is 8.18. The molecule has 4 aromatic rings. The first-order valence-electron chi connectivity index (χ1n) is 10.1. The third kappa shape index (κ3) is 4.24. The van der Waals surface area contributed by atoms with Gasteiger partial charge in [-0.05, 0) is 66.7 Å². The first kappa shape index (κ1) is 20.0. The summed E-state index contributed by atoms with van der Waals surface area (Å²) in [4.78, 5) is 21.9. The highest BCUT2D eigenvalue weighted by Gasteiger charge is 2.25. The number of amides is 1. The van der Waals surface area contributed by atoms with Gasteiger partial charge in [-0.2, -0.15) is 5.10 Å². The van der Waals surface area contributed by atoms with Gasteiger partial charge in [-0.3, -0.25) is 9.78 Å². The Labute approximate surface area is 189 Å². The molecule has 1 amide bonds. The van der Waals surface area contributed by atoms with E-state index in [9.17, 15) is 4.79 Å². The molecule has 32 heavy (non-hydrogen) atoms. The molecule has 6 nitrogen and oxygen atoms in total. The van der Waals surface area contributed by atoms with Crippen LogP contribution in [0.3, 0.4) is 0 Å². The molecule has 1 fully saturated rings. The molecule has 0 bridgehead atoms. The van der Waals surface area contributed by atoms with Gasteiger partial charge in [0, 0.05) is 29.7 Å². The fourth-order valence-electron chi connectivity index (χ4n) is 3.38. The van der Waals surface area contributed by atoms with Gasteiger partial charge in [-0.25, -0.2) is 9.67 Å². The number of rotatable bonds is 4. The van der Waals surface area contributed by atoms with Gasteiger partial charge in [0.1, 0.15) is 5.69 Å². The van der Waals surface area contributed by atoms with Crippen LogP contribution in [0.4, 0.5) is 5.69 Å². The van der Waals surface area contributed by atoms with Crippen molar-refractivity contribution in [2.75, 3.05) is 0 Å². The standard InChI is InChI=1S/C25H19N5OS/c1-17-6-5-7-20(14-17)27-25-28-24(31)22(32-25)15-19-16-30(21-8-3-2-4-9-21)29-23(19)18-10-12-26-13-11-18/h2-16H,1H3,(H,27,28,31)/b22-15+. The average molecular weight is 438 g/mol. The molecular formula is C25H19N5OS. The van der Waals surface area contributed by atoms with Gasteiger partial charge in [0.25, 0.3) is 5.91 Å². The molecule has 156 valence electrons. The van der Waals surface area contributed by atoms with Crippen molar-refractivity contribution in [1.29, 1.82) is 0 Å². The van der Waals surface area contributed by atoms with Crippen molar-refractivity contribution in [3.8, 4) is 16.9 Å². The fraction of sp³-hybridized carbons (Fsp3) is 0.0400. The first-order chi connectivity index (χ1) is 15.7. The topological polar surface area (TPSA) is 72.2 Å². The summed E-state index contributed by atoms with van der Waals surface area (Å²) < 4.78 is 1.82. The summed E-state index contributed by atoms with van der Waals surface area (Å²) in [7, 11) is 0. The minimum absolute atomic E-state index is 0.172. The van der Waals surface area contributed by atoms with E-state index in [0.29, 0.717) is 10.1 Å². The Bertz CT molecular complexity index is 1340. The molecule has 1 aliphatic heterocycles. The molecule has 5 rings (SSSR count). The lowest BCUT2D eigenvalue weighted by Crippen LogP contribution is -2.19. The third-order valence-corrected chi connectivity index (χ3v) is 5.80. The Morgan fingerprint density at radius 1 is 1.03 bits per heavy atom. The van der Waals surface area contributed by atoms with Crippen LogP contribution in [-0.2, 0) is 4.79 Å². The van der Waals surface area contributed by atoms with E-state index in [2.05, 4.69) is 15.3 Å². The zero-order valence-corrected chi connectivity index (χ0v) is 18.1. The molecule has 1 N–H and O–H groups in total. The van der Waals surface area contributed by atoms with E-state index >= 15 is 0 Å². The maximum atomic E-state index is 12.7. The molecule has 2 aromatic carbocycles. The summed E-state index contributed by atoms with van der Waals surface area (Å²) in [5.74, 6) is -0.172. The van der Waals surface area contributed by atoms with Gasteiger partial charge in [0.05, 0.1) is 16.3 Å². The molecule has 3 heterocycles. The summed E-state index contributed by atoms with van der Waals surface area (Å²) in [5.41, 5.74) is 5.42. The van der Waals surface area contributed by atoms with E-state index < -0.39 is 0 Å². The van der Waals surface area contributed by atoms with Crippen molar-refractivity contribution >= 4 is 34.6 Å². The summed E-state index contributed by atoms with van der Waals surface area (Å²) >= 11 is 1.32. The highest BCUT2D eigenvalue weighted by Crippen LogP contribution is 2.31. The number of nitrogens with one attached hydrogen (secondary N) is 1. The number of benzene rings is 2. The summed E-state index contributed by atoms with van der Waals surface area (Å²) in [6.45, 7) is 2.01. The van der Waals surface area contributed by atoms with E-state index in [4.69, 9.17) is 5.10 Å². The van der Waals surface area contributed by atoms with Crippen molar-refractivity contribution in [3.63, 3.8) is 0 Å². The molecule has 0 aliphatic carbocycles. The van der Waals surface area contributed by atoms with Crippen molar-refractivity contribution in [2.24, 2.45) is 4.99 Å². The van der Waals surface area contributed by atoms with Crippen LogP contribution < -0.4 is 5.32 Å². The number of hydrogen-bond acceptors (Lipinski definition) is 5. The lowest BCUT2D eigenvalue weighted by molar-refractivity contribution is -0.115.